The van der Waals surface area contributed by atoms with E-state index in [9.17, 15) is 9.90 Å². The van der Waals surface area contributed by atoms with E-state index in [0.717, 1.165) is 11.0 Å². The highest BCUT2D eigenvalue weighted by Gasteiger charge is 2.29. The molecule has 0 atom stereocenters. The summed E-state index contributed by atoms with van der Waals surface area (Å²) in [5, 5.41) is 18.0. The minimum absolute atomic E-state index is 0.343. The quantitative estimate of drug-likeness (QED) is 0.913. The van der Waals surface area contributed by atoms with Gasteiger partial charge in [-0.15, -0.1) is 0 Å². The van der Waals surface area contributed by atoms with E-state index in [-0.39, 0.29) is 0 Å². The summed E-state index contributed by atoms with van der Waals surface area (Å²) in [7, 11) is 1.86. The van der Waals surface area contributed by atoms with Gasteiger partial charge in [-0.25, -0.2) is 4.98 Å². The van der Waals surface area contributed by atoms with Crippen LogP contribution in [0.3, 0.4) is 0 Å². The molecule has 0 radical (unpaired) electrons. The van der Waals surface area contributed by atoms with Crippen LogP contribution in [0.1, 0.15) is 25.2 Å². The van der Waals surface area contributed by atoms with Gasteiger partial charge >= 0.3 is 5.97 Å². The molecule has 0 aliphatic carbocycles. The monoisotopic (exact) mass is 257 g/mol. The van der Waals surface area contributed by atoms with Crippen LogP contribution in [0.15, 0.2) is 18.2 Å². The largest absolute Gasteiger partial charge is 0.481 e. The number of aliphatic carboxylic acids is 1. The molecule has 0 saturated heterocycles. The summed E-state index contributed by atoms with van der Waals surface area (Å²) >= 11 is 0. The number of nitriles is 1. The molecule has 0 saturated carbocycles. The number of carboxylic acids is 1. The smallest absolute Gasteiger partial charge is 0.309 e. The van der Waals surface area contributed by atoms with Crippen LogP contribution < -0.4 is 0 Å². The Bertz CT molecular complexity index is 693. The van der Waals surface area contributed by atoms with E-state index in [4.69, 9.17) is 5.26 Å². The van der Waals surface area contributed by atoms with Gasteiger partial charge in [0, 0.05) is 13.5 Å². The van der Waals surface area contributed by atoms with E-state index >= 15 is 0 Å². The summed E-state index contributed by atoms with van der Waals surface area (Å²) in [5.74, 6) is -0.144. The fourth-order valence-corrected chi connectivity index (χ4v) is 1.95. The predicted molar refractivity (Wildman–Crippen MR) is 70.5 cm³/mol. The summed E-state index contributed by atoms with van der Waals surface area (Å²) in [6.07, 6.45) is 0.343. The third kappa shape index (κ3) is 2.29. The van der Waals surface area contributed by atoms with E-state index in [1.165, 1.54) is 0 Å². The molecule has 0 unspecified atom stereocenters. The number of hydrogen-bond acceptors (Lipinski definition) is 3. The van der Waals surface area contributed by atoms with Gasteiger partial charge in [0.2, 0.25) is 0 Å². The van der Waals surface area contributed by atoms with Gasteiger partial charge < -0.3 is 9.67 Å². The van der Waals surface area contributed by atoms with Crippen LogP contribution >= 0.6 is 0 Å². The Kier molecular flexibility index (Phi) is 3.03. The highest BCUT2D eigenvalue weighted by Crippen LogP contribution is 2.24. The van der Waals surface area contributed by atoms with E-state index in [2.05, 4.69) is 11.1 Å². The van der Waals surface area contributed by atoms with Crippen LogP contribution in [0.25, 0.3) is 11.0 Å². The average molecular weight is 257 g/mol. The van der Waals surface area contributed by atoms with Gasteiger partial charge in [0.1, 0.15) is 5.82 Å². The first-order valence-electron chi connectivity index (χ1n) is 5.94. The number of carbonyl (C=O) groups is 1. The van der Waals surface area contributed by atoms with Gasteiger partial charge in [0.25, 0.3) is 0 Å². The molecule has 5 nitrogen and oxygen atoms in total. The van der Waals surface area contributed by atoms with Crippen LogP contribution in [0.4, 0.5) is 0 Å². The fourth-order valence-electron chi connectivity index (χ4n) is 1.95. The molecule has 0 bridgehead atoms. The summed E-state index contributed by atoms with van der Waals surface area (Å²) in [4.78, 5) is 15.6. The minimum atomic E-state index is -0.868. The summed E-state index contributed by atoms with van der Waals surface area (Å²) in [6, 6.07) is 7.35. The molecule has 1 aromatic carbocycles. The zero-order valence-electron chi connectivity index (χ0n) is 11.1. The lowest BCUT2D eigenvalue weighted by Gasteiger charge is -2.18. The molecule has 1 heterocycles. The molecule has 98 valence electrons. The van der Waals surface area contributed by atoms with Gasteiger partial charge in [0.15, 0.2) is 0 Å². The lowest BCUT2D eigenvalue weighted by atomic mass is 9.89. The number of carboxylic acid groups (broad SMARTS) is 1. The van der Waals surface area contributed by atoms with Crippen molar-refractivity contribution in [1.29, 1.82) is 5.26 Å². The van der Waals surface area contributed by atoms with Crippen molar-refractivity contribution in [2.45, 2.75) is 20.3 Å². The molecular weight excluding hydrogens is 242 g/mol. The Hall–Kier alpha value is -2.35. The molecule has 2 aromatic rings. The van der Waals surface area contributed by atoms with Gasteiger partial charge in [-0.3, -0.25) is 4.79 Å². The zero-order valence-corrected chi connectivity index (χ0v) is 11.1. The standard InChI is InChI=1S/C14H15N3O2/c1-14(2,13(18)19)7-12-16-10-6-9(8-15)4-5-11(10)17(12)3/h4-6H,7H2,1-3H3,(H,18,19). The summed E-state index contributed by atoms with van der Waals surface area (Å²) < 4.78 is 1.88. The first-order valence-corrected chi connectivity index (χ1v) is 5.94. The first-order chi connectivity index (χ1) is 8.85. The minimum Gasteiger partial charge on any atom is -0.481 e. The van der Waals surface area contributed by atoms with Gasteiger partial charge in [-0.2, -0.15) is 5.26 Å². The van der Waals surface area contributed by atoms with Crippen LogP contribution in [-0.2, 0) is 18.3 Å². The Balaban J connectivity index is 2.49. The van der Waals surface area contributed by atoms with Crippen LogP contribution in [0.2, 0.25) is 0 Å². The van der Waals surface area contributed by atoms with Gasteiger partial charge in [0.05, 0.1) is 28.1 Å². The normalized spacial score (nSPS) is 11.5. The molecule has 1 N–H and O–H groups in total. The number of nitrogens with zero attached hydrogens (tertiary/aromatic N) is 3. The van der Waals surface area contributed by atoms with E-state index in [1.807, 2.05) is 17.7 Å². The predicted octanol–water partition coefficient (Wildman–Crippen LogP) is 2.10. The second kappa shape index (κ2) is 4.39. The van der Waals surface area contributed by atoms with Crippen molar-refractivity contribution in [3.8, 4) is 6.07 Å². The lowest BCUT2D eigenvalue weighted by Crippen LogP contribution is -2.27. The van der Waals surface area contributed by atoms with Crippen molar-refractivity contribution in [1.82, 2.24) is 9.55 Å². The maximum atomic E-state index is 11.2. The van der Waals surface area contributed by atoms with Gasteiger partial charge in [-0.1, -0.05) is 0 Å². The third-order valence-electron chi connectivity index (χ3n) is 3.28. The maximum absolute atomic E-state index is 11.2. The lowest BCUT2D eigenvalue weighted by molar-refractivity contribution is -0.146. The molecule has 2 rings (SSSR count). The topological polar surface area (TPSA) is 78.9 Å². The van der Waals surface area contributed by atoms with E-state index in [0.29, 0.717) is 17.8 Å². The van der Waals surface area contributed by atoms with Crippen molar-refractivity contribution in [2.24, 2.45) is 12.5 Å². The molecule has 5 heteroatoms. The van der Waals surface area contributed by atoms with Crippen molar-refractivity contribution in [2.75, 3.05) is 0 Å². The van der Waals surface area contributed by atoms with Crippen LogP contribution in [0, 0.1) is 16.7 Å². The SMILES string of the molecule is Cn1c(CC(C)(C)C(=O)O)nc2cc(C#N)ccc21. The molecule has 0 amide bonds. The van der Waals surface area contributed by atoms with Crippen molar-refractivity contribution < 1.29 is 9.90 Å². The number of hydrogen-bond donors (Lipinski definition) is 1. The molecular formula is C14H15N3O2. The Labute approximate surface area is 111 Å². The fraction of sp³-hybridized carbons (Fsp3) is 0.357. The number of aromatic nitrogens is 2. The first kappa shape index (κ1) is 13.1. The van der Waals surface area contributed by atoms with Crippen molar-refractivity contribution in [3.05, 3.63) is 29.6 Å². The van der Waals surface area contributed by atoms with Crippen molar-refractivity contribution >= 4 is 17.0 Å². The number of imidazole rings is 1. The number of aryl methyl sites for hydroxylation is 1. The second-order valence-electron chi connectivity index (χ2n) is 5.27. The molecule has 0 spiro atoms. The highest BCUT2D eigenvalue weighted by molar-refractivity contribution is 5.78. The average Bonchev–Trinajstić information content (AvgIpc) is 2.65. The second-order valence-corrected chi connectivity index (χ2v) is 5.27. The number of benzene rings is 1. The summed E-state index contributed by atoms with van der Waals surface area (Å²) in [6.45, 7) is 3.35. The molecule has 1 aromatic heterocycles. The van der Waals surface area contributed by atoms with E-state index in [1.54, 1.807) is 26.0 Å². The Morgan fingerprint density at radius 1 is 1.53 bits per heavy atom. The molecule has 0 aliphatic heterocycles. The molecule has 0 fully saturated rings. The van der Waals surface area contributed by atoms with Crippen molar-refractivity contribution in [3.63, 3.8) is 0 Å². The third-order valence-corrected chi connectivity index (χ3v) is 3.28. The van der Waals surface area contributed by atoms with Crippen LogP contribution in [0.5, 0.6) is 0 Å². The van der Waals surface area contributed by atoms with E-state index < -0.39 is 11.4 Å². The van der Waals surface area contributed by atoms with Gasteiger partial charge in [-0.05, 0) is 32.0 Å². The maximum Gasteiger partial charge on any atom is 0.309 e. The zero-order chi connectivity index (χ0) is 14.2. The summed E-state index contributed by atoms with van der Waals surface area (Å²) in [5.41, 5.74) is 1.30. The highest BCUT2D eigenvalue weighted by atomic mass is 16.4. The Morgan fingerprint density at radius 3 is 2.79 bits per heavy atom. The Morgan fingerprint density at radius 2 is 2.21 bits per heavy atom. The number of rotatable bonds is 3. The molecule has 19 heavy (non-hydrogen) atoms. The number of fused-ring (bicyclic) bond motifs is 1. The van der Waals surface area contributed by atoms with Crippen LogP contribution in [-0.4, -0.2) is 20.6 Å². The molecule has 0 aliphatic rings.